The Labute approximate surface area is 201 Å². The van der Waals surface area contributed by atoms with Crippen LogP contribution in [0.4, 0.5) is 11.4 Å². The summed E-state index contributed by atoms with van der Waals surface area (Å²) in [5.41, 5.74) is 8.87. The van der Waals surface area contributed by atoms with Crippen molar-refractivity contribution in [3.05, 3.63) is 83.0 Å². The van der Waals surface area contributed by atoms with E-state index in [1.165, 1.54) is 59.3 Å². The van der Waals surface area contributed by atoms with Gasteiger partial charge in [-0.05, 0) is 92.2 Å². The molecule has 0 amide bonds. The van der Waals surface area contributed by atoms with Crippen LogP contribution in [0.25, 0.3) is 0 Å². The molecule has 0 bridgehead atoms. The Kier molecular flexibility index (Phi) is 6.75. The molecule has 0 heterocycles. The van der Waals surface area contributed by atoms with Crippen molar-refractivity contribution in [1.82, 2.24) is 0 Å². The van der Waals surface area contributed by atoms with E-state index in [9.17, 15) is 0 Å². The summed E-state index contributed by atoms with van der Waals surface area (Å²) in [4.78, 5) is 0. The quantitative estimate of drug-likeness (QED) is 0.439. The minimum absolute atomic E-state index is 0.375. The second-order valence-corrected chi connectivity index (χ2v) is 12.2. The molecule has 0 saturated carbocycles. The van der Waals surface area contributed by atoms with E-state index in [0.717, 1.165) is 6.42 Å². The van der Waals surface area contributed by atoms with E-state index < -0.39 is 0 Å². The molecule has 0 radical (unpaired) electrons. The zero-order valence-corrected chi connectivity index (χ0v) is 21.5. The molecule has 2 aromatic carbocycles. The van der Waals surface area contributed by atoms with Crippen molar-refractivity contribution in [2.45, 2.75) is 85.7 Å². The maximum atomic E-state index is 3.72. The fourth-order valence-electron chi connectivity index (χ4n) is 6.05. The Balaban J connectivity index is 1.33. The van der Waals surface area contributed by atoms with E-state index in [1.807, 2.05) is 0 Å². The minimum atomic E-state index is 0.375. The molecular formula is C31H42N2. The van der Waals surface area contributed by atoms with Crippen molar-refractivity contribution in [2.24, 2.45) is 10.8 Å². The highest BCUT2D eigenvalue weighted by Gasteiger charge is 2.28. The topological polar surface area (TPSA) is 24.1 Å². The maximum Gasteiger partial charge on any atom is 0.0452 e. The monoisotopic (exact) mass is 442 g/mol. The first kappa shape index (κ1) is 23.7. The lowest BCUT2D eigenvalue weighted by Gasteiger charge is -2.34. The predicted octanol–water partition coefficient (Wildman–Crippen LogP) is 8.37. The third-order valence-electron chi connectivity index (χ3n) is 7.05. The van der Waals surface area contributed by atoms with Crippen LogP contribution in [0.3, 0.4) is 0 Å². The summed E-state index contributed by atoms with van der Waals surface area (Å²) in [6.45, 7) is 14.0. The van der Waals surface area contributed by atoms with Gasteiger partial charge in [0.15, 0.2) is 0 Å². The van der Waals surface area contributed by atoms with E-state index in [2.05, 4.69) is 113 Å². The summed E-state index contributed by atoms with van der Waals surface area (Å²) in [6, 6.07) is 18.8. The molecule has 2 unspecified atom stereocenters. The lowest BCUT2D eigenvalue weighted by atomic mass is 9.75. The van der Waals surface area contributed by atoms with Crippen LogP contribution in [-0.4, -0.2) is 12.1 Å². The van der Waals surface area contributed by atoms with E-state index in [4.69, 9.17) is 0 Å². The first-order valence-electron chi connectivity index (χ1n) is 12.6. The van der Waals surface area contributed by atoms with Gasteiger partial charge in [0.25, 0.3) is 0 Å². The molecule has 2 N–H and O–H groups in total. The van der Waals surface area contributed by atoms with Gasteiger partial charge >= 0.3 is 0 Å². The second kappa shape index (κ2) is 9.41. The number of benzene rings is 2. The second-order valence-electron chi connectivity index (χ2n) is 12.2. The van der Waals surface area contributed by atoms with Crippen molar-refractivity contribution >= 4 is 11.4 Å². The number of hydrogen-bond donors (Lipinski definition) is 2. The van der Waals surface area contributed by atoms with Crippen LogP contribution in [-0.2, 0) is 6.42 Å². The average Bonchev–Trinajstić information content (AvgIpc) is 2.68. The SMILES string of the molecule is CC1=CC(Nc2ccc(Cc3ccc(NC4C=C(C)CC(C)(C)C4)cc3)cc2)CC(C)(C)C1. The predicted molar refractivity (Wildman–Crippen MR) is 144 cm³/mol. The Morgan fingerprint density at radius 3 is 1.33 bits per heavy atom. The van der Waals surface area contributed by atoms with Gasteiger partial charge in [0, 0.05) is 23.5 Å². The fourth-order valence-corrected chi connectivity index (χ4v) is 6.05. The molecule has 0 saturated heterocycles. The van der Waals surface area contributed by atoms with Crippen LogP contribution in [0.15, 0.2) is 71.8 Å². The van der Waals surface area contributed by atoms with Crippen LogP contribution >= 0.6 is 0 Å². The van der Waals surface area contributed by atoms with Crippen molar-refractivity contribution in [2.75, 3.05) is 10.6 Å². The van der Waals surface area contributed by atoms with Gasteiger partial charge in [-0.15, -0.1) is 0 Å². The molecule has 2 heteroatoms. The van der Waals surface area contributed by atoms with E-state index in [-0.39, 0.29) is 0 Å². The van der Waals surface area contributed by atoms with Gasteiger partial charge in [-0.1, -0.05) is 75.3 Å². The summed E-state index contributed by atoms with van der Waals surface area (Å²) in [5, 5.41) is 7.45. The summed E-state index contributed by atoms with van der Waals surface area (Å²) < 4.78 is 0. The van der Waals surface area contributed by atoms with Crippen molar-refractivity contribution in [3.63, 3.8) is 0 Å². The summed E-state index contributed by atoms with van der Waals surface area (Å²) in [7, 11) is 0. The number of nitrogens with one attached hydrogen (secondary N) is 2. The molecular weight excluding hydrogens is 400 g/mol. The molecule has 0 spiro atoms. The smallest absolute Gasteiger partial charge is 0.0452 e. The zero-order valence-electron chi connectivity index (χ0n) is 21.5. The number of rotatable bonds is 6. The lowest BCUT2D eigenvalue weighted by Crippen LogP contribution is -2.30. The van der Waals surface area contributed by atoms with E-state index in [1.54, 1.807) is 0 Å². The normalized spacial score (nSPS) is 23.9. The van der Waals surface area contributed by atoms with Crippen LogP contribution in [0, 0.1) is 10.8 Å². The lowest BCUT2D eigenvalue weighted by molar-refractivity contribution is 0.308. The summed E-state index contributed by atoms with van der Waals surface area (Å²) in [5.74, 6) is 0. The largest absolute Gasteiger partial charge is 0.379 e. The Morgan fingerprint density at radius 2 is 1.00 bits per heavy atom. The molecule has 2 nitrogen and oxygen atoms in total. The summed E-state index contributed by atoms with van der Waals surface area (Å²) >= 11 is 0. The number of allylic oxidation sites excluding steroid dienone is 2. The molecule has 2 aromatic rings. The average molecular weight is 443 g/mol. The van der Waals surface area contributed by atoms with E-state index in [0.29, 0.717) is 22.9 Å². The maximum absolute atomic E-state index is 3.72. The molecule has 2 aliphatic carbocycles. The van der Waals surface area contributed by atoms with Gasteiger partial charge in [-0.3, -0.25) is 0 Å². The third-order valence-corrected chi connectivity index (χ3v) is 7.05. The standard InChI is InChI=1S/C31H42N2/c1-22-15-28(20-30(3,4)18-22)32-26-11-7-24(8-12-26)17-25-9-13-27(14-10-25)33-29-16-23(2)19-31(5,6)21-29/h7-16,28-29,32-33H,17-21H2,1-6H3. The minimum Gasteiger partial charge on any atom is -0.379 e. The van der Waals surface area contributed by atoms with Crippen LogP contribution in [0.1, 0.15) is 78.4 Å². The highest BCUT2D eigenvalue weighted by molar-refractivity contribution is 5.49. The highest BCUT2D eigenvalue weighted by Crippen LogP contribution is 2.37. The van der Waals surface area contributed by atoms with Gasteiger partial charge in [0.1, 0.15) is 0 Å². The molecule has 0 fully saturated rings. The van der Waals surface area contributed by atoms with Crippen LogP contribution in [0.2, 0.25) is 0 Å². The highest BCUT2D eigenvalue weighted by atomic mass is 14.9. The van der Waals surface area contributed by atoms with Crippen molar-refractivity contribution in [3.8, 4) is 0 Å². The van der Waals surface area contributed by atoms with Gasteiger partial charge in [0.05, 0.1) is 0 Å². The van der Waals surface area contributed by atoms with Crippen molar-refractivity contribution < 1.29 is 0 Å². The fraction of sp³-hybridized carbons (Fsp3) is 0.484. The van der Waals surface area contributed by atoms with Gasteiger partial charge < -0.3 is 10.6 Å². The molecule has 0 aliphatic heterocycles. The van der Waals surface area contributed by atoms with Gasteiger partial charge in [-0.25, -0.2) is 0 Å². The molecule has 2 aliphatic rings. The zero-order chi connectivity index (χ0) is 23.6. The molecule has 33 heavy (non-hydrogen) atoms. The molecule has 0 aromatic heterocycles. The third kappa shape index (κ3) is 6.76. The Bertz CT molecular complexity index is 922. The Hall–Kier alpha value is -2.48. The van der Waals surface area contributed by atoms with Crippen LogP contribution in [0.5, 0.6) is 0 Å². The summed E-state index contributed by atoms with van der Waals surface area (Å²) in [6.07, 6.45) is 10.5. The number of hydrogen-bond acceptors (Lipinski definition) is 2. The van der Waals surface area contributed by atoms with Crippen LogP contribution < -0.4 is 10.6 Å². The molecule has 4 rings (SSSR count). The molecule has 176 valence electrons. The first-order chi connectivity index (χ1) is 15.6. The Morgan fingerprint density at radius 1 is 0.636 bits per heavy atom. The number of anilines is 2. The van der Waals surface area contributed by atoms with Gasteiger partial charge in [-0.2, -0.15) is 0 Å². The van der Waals surface area contributed by atoms with Gasteiger partial charge in [0.2, 0.25) is 0 Å². The van der Waals surface area contributed by atoms with E-state index >= 15 is 0 Å². The first-order valence-corrected chi connectivity index (χ1v) is 12.6. The molecule has 2 atom stereocenters. The van der Waals surface area contributed by atoms with Crippen molar-refractivity contribution in [1.29, 1.82) is 0 Å².